The summed E-state index contributed by atoms with van der Waals surface area (Å²) < 4.78 is 0. The van der Waals surface area contributed by atoms with E-state index < -0.39 is 0 Å². The molecule has 0 N–H and O–H groups in total. The molecule has 1 aromatic carbocycles. The van der Waals surface area contributed by atoms with Gasteiger partial charge < -0.3 is 0 Å². The summed E-state index contributed by atoms with van der Waals surface area (Å²) in [4.78, 5) is 0. The SMILES string of the molecule is C=C/C=C\C=C(/C)c1cccc(C(/C=C\CC=C)=C/C)c1. The van der Waals surface area contributed by atoms with Crippen molar-refractivity contribution in [1.29, 1.82) is 0 Å². The van der Waals surface area contributed by atoms with Gasteiger partial charge in [0, 0.05) is 0 Å². The lowest BCUT2D eigenvalue weighted by molar-refractivity contribution is 1.40. The maximum Gasteiger partial charge on any atom is -0.0169 e. The van der Waals surface area contributed by atoms with E-state index in [1.54, 1.807) is 6.08 Å². The van der Waals surface area contributed by atoms with Gasteiger partial charge in [-0.25, -0.2) is 0 Å². The fraction of sp³-hybridized carbons (Fsp3) is 0.143. The van der Waals surface area contributed by atoms with Crippen LogP contribution in [0.5, 0.6) is 0 Å². The molecule has 0 fully saturated rings. The van der Waals surface area contributed by atoms with E-state index in [2.05, 4.69) is 75.6 Å². The molecule has 21 heavy (non-hydrogen) atoms. The maximum atomic E-state index is 3.74. The monoisotopic (exact) mass is 276 g/mol. The third-order valence-corrected chi connectivity index (χ3v) is 3.16. The van der Waals surface area contributed by atoms with E-state index >= 15 is 0 Å². The summed E-state index contributed by atoms with van der Waals surface area (Å²) in [6, 6.07) is 8.60. The molecule has 1 aromatic rings. The first-order valence-electron chi connectivity index (χ1n) is 7.23. The van der Waals surface area contributed by atoms with Crippen molar-refractivity contribution in [2.45, 2.75) is 20.3 Å². The Morgan fingerprint density at radius 3 is 2.57 bits per heavy atom. The zero-order valence-electron chi connectivity index (χ0n) is 13.0. The Balaban J connectivity index is 3.04. The van der Waals surface area contributed by atoms with Crippen molar-refractivity contribution in [2.75, 3.05) is 0 Å². The third-order valence-electron chi connectivity index (χ3n) is 3.16. The van der Waals surface area contributed by atoms with E-state index in [-0.39, 0.29) is 0 Å². The first kappa shape index (κ1) is 16.7. The molecule has 0 atom stereocenters. The zero-order valence-corrected chi connectivity index (χ0v) is 13.0. The van der Waals surface area contributed by atoms with Gasteiger partial charge in [-0.3, -0.25) is 0 Å². The van der Waals surface area contributed by atoms with Crippen LogP contribution in [0.3, 0.4) is 0 Å². The molecule has 0 aliphatic rings. The predicted octanol–water partition coefficient (Wildman–Crippen LogP) is 6.37. The second-order valence-corrected chi connectivity index (χ2v) is 4.72. The second kappa shape index (κ2) is 9.55. The molecule has 0 unspecified atom stereocenters. The summed E-state index contributed by atoms with van der Waals surface area (Å²) in [7, 11) is 0. The average Bonchev–Trinajstić information content (AvgIpc) is 2.52. The van der Waals surface area contributed by atoms with Crippen LogP contribution in [0.4, 0.5) is 0 Å². The minimum absolute atomic E-state index is 0.891. The number of rotatable bonds is 7. The average molecular weight is 276 g/mol. The molecule has 0 radical (unpaired) electrons. The van der Waals surface area contributed by atoms with Crippen LogP contribution in [-0.4, -0.2) is 0 Å². The summed E-state index contributed by atoms with van der Waals surface area (Å²) >= 11 is 0. The normalized spacial score (nSPS) is 13.0. The molecule has 0 bridgehead atoms. The van der Waals surface area contributed by atoms with Crippen LogP contribution in [0.15, 0.2) is 86.0 Å². The van der Waals surface area contributed by atoms with E-state index in [0.717, 1.165) is 6.42 Å². The second-order valence-electron chi connectivity index (χ2n) is 4.72. The van der Waals surface area contributed by atoms with Crippen LogP contribution in [0.1, 0.15) is 31.4 Å². The smallest absolute Gasteiger partial charge is 0.0169 e. The molecule has 0 heteroatoms. The Hall–Kier alpha value is -2.34. The first-order valence-corrected chi connectivity index (χ1v) is 7.23. The van der Waals surface area contributed by atoms with Crippen LogP contribution in [0.25, 0.3) is 11.1 Å². The van der Waals surface area contributed by atoms with Gasteiger partial charge in [0.1, 0.15) is 0 Å². The molecule has 0 saturated carbocycles. The highest BCUT2D eigenvalue weighted by atomic mass is 14.0. The molecular weight excluding hydrogens is 252 g/mol. The lowest BCUT2D eigenvalue weighted by Crippen LogP contribution is -1.85. The van der Waals surface area contributed by atoms with Gasteiger partial charge in [-0.2, -0.15) is 0 Å². The first-order chi connectivity index (χ1) is 10.2. The van der Waals surface area contributed by atoms with Gasteiger partial charge in [-0.05, 0) is 48.6 Å². The number of allylic oxidation sites excluding steroid dienone is 10. The summed E-state index contributed by atoms with van der Waals surface area (Å²) in [6.07, 6.45) is 17.0. The Morgan fingerprint density at radius 1 is 1.14 bits per heavy atom. The number of hydrogen-bond donors (Lipinski definition) is 0. The van der Waals surface area contributed by atoms with Crippen LogP contribution in [0.2, 0.25) is 0 Å². The Bertz CT molecular complexity index is 592. The fourth-order valence-electron chi connectivity index (χ4n) is 1.97. The topological polar surface area (TPSA) is 0 Å². The largest absolute Gasteiger partial charge is 0.103 e. The van der Waals surface area contributed by atoms with Crippen LogP contribution < -0.4 is 0 Å². The van der Waals surface area contributed by atoms with Crippen molar-refractivity contribution in [3.63, 3.8) is 0 Å². The van der Waals surface area contributed by atoms with Crippen molar-refractivity contribution in [3.8, 4) is 0 Å². The van der Waals surface area contributed by atoms with Crippen molar-refractivity contribution in [1.82, 2.24) is 0 Å². The predicted molar refractivity (Wildman–Crippen MR) is 97.0 cm³/mol. The van der Waals surface area contributed by atoms with Crippen molar-refractivity contribution in [3.05, 3.63) is 97.2 Å². The summed E-state index contributed by atoms with van der Waals surface area (Å²) in [6.45, 7) is 11.6. The van der Waals surface area contributed by atoms with Gasteiger partial charge in [0.2, 0.25) is 0 Å². The number of hydrogen-bond acceptors (Lipinski definition) is 0. The van der Waals surface area contributed by atoms with E-state index in [1.807, 2.05) is 18.2 Å². The Morgan fingerprint density at radius 2 is 1.90 bits per heavy atom. The van der Waals surface area contributed by atoms with E-state index in [4.69, 9.17) is 0 Å². The molecule has 0 nitrogen and oxygen atoms in total. The van der Waals surface area contributed by atoms with Gasteiger partial charge in [-0.1, -0.05) is 73.4 Å². The number of benzene rings is 1. The molecule has 0 aromatic heterocycles. The van der Waals surface area contributed by atoms with Gasteiger partial charge in [-0.15, -0.1) is 6.58 Å². The van der Waals surface area contributed by atoms with E-state index in [9.17, 15) is 0 Å². The summed E-state index contributed by atoms with van der Waals surface area (Å²) in [5.41, 5.74) is 4.93. The minimum Gasteiger partial charge on any atom is -0.103 e. The molecule has 0 saturated heterocycles. The van der Waals surface area contributed by atoms with Gasteiger partial charge in [0.05, 0.1) is 0 Å². The zero-order chi connectivity index (χ0) is 15.5. The molecular formula is C21H24. The Labute approximate surface area is 129 Å². The molecule has 0 aliphatic heterocycles. The highest BCUT2D eigenvalue weighted by Gasteiger charge is 2.00. The highest BCUT2D eigenvalue weighted by Crippen LogP contribution is 2.21. The summed E-state index contributed by atoms with van der Waals surface area (Å²) in [5.74, 6) is 0. The lowest BCUT2D eigenvalue weighted by atomic mass is 9.99. The summed E-state index contributed by atoms with van der Waals surface area (Å²) in [5, 5.41) is 0. The van der Waals surface area contributed by atoms with Crippen molar-refractivity contribution >= 4 is 11.1 Å². The van der Waals surface area contributed by atoms with Crippen LogP contribution >= 0.6 is 0 Å². The molecule has 0 amide bonds. The molecule has 108 valence electrons. The minimum atomic E-state index is 0.891. The van der Waals surface area contributed by atoms with Crippen molar-refractivity contribution in [2.24, 2.45) is 0 Å². The van der Waals surface area contributed by atoms with Crippen LogP contribution in [-0.2, 0) is 0 Å². The van der Waals surface area contributed by atoms with E-state index in [0.29, 0.717) is 0 Å². The third kappa shape index (κ3) is 5.66. The van der Waals surface area contributed by atoms with E-state index in [1.165, 1.54) is 22.3 Å². The van der Waals surface area contributed by atoms with Crippen molar-refractivity contribution < 1.29 is 0 Å². The highest BCUT2D eigenvalue weighted by molar-refractivity contribution is 5.77. The fourth-order valence-corrected chi connectivity index (χ4v) is 1.97. The Kier molecular flexibility index (Phi) is 7.60. The maximum absolute atomic E-state index is 3.74. The molecule has 0 heterocycles. The lowest BCUT2D eigenvalue weighted by Gasteiger charge is -2.06. The quantitative estimate of drug-likeness (QED) is 0.401. The molecule has 1 rings (SSSR count). The standard InChI is InChI=1S/C21H24/c1-5-8-10-13-18(4)20-15-12-16-21(17-20)19(7-3)14-11-9-6-2/h5-8,10-17H,1-2,9H2,3-4H3/b10-8-,14-11-,18-13+,19-7+. The van der Waals surface area contributed by atoms with Gasteiger partial charge >= 0.3 is 0 Å². The van der Waals surface area contributed by atoms with Gasteiger partial charge in [0.15, 0.2) is 0 Å². The molecule has 0 aliphatic carbocycles. The van der Waals surface area contributed by atoms with Gasteiger partial charge in [0.25, 0.3) is 0 Å². The molecule has 0 spiro atoms. The van der Waals surface area contributed by atoms with Crippen LogP contribution in [0, 0.1) is 0 Å².